The molecule has 1 amide bonds. The van der Waals surface area contributed by atoms with E-state index in [1.807, 2.05) is 60.7 Å². The number of amides is 1. The highest BCUT2D eigenvalue weighted by Crippen LogP contribution is 2.20. The van der Waals surface area contributed by atoms with Gasteiger partial charge < -0.3 is 10.1 Å². The van der Waals surface area contributed by atoms with Gasteiger partial charge in [-0.2, -0.15) is 0 Å². The van der Waals surface area contributed by atoms with Crippen molar-refractivity contribution in [3.63, 3.8) is 0 Å². The van der Waals surface area contributed by atoms with Crippen molar-refractivity contribution in [3.8, 4) is 5.75 Å². The zero-order chi connectivity index (χ0) is 21.3. The van der Waals surface area contributed by atoms with Gasteiger partial charge in [0, 0.05) is 18.7 Å². The number of benzene rings is 3. The van der Waals surface area contributed by atoms with Gasteiger partial charge >= 0.3 is 0 Å². The summed E-state index contributed by atoms with van der Waals surface area (Å²) in [5.74, 6) is 0.661. The minimum Gasteiger partial charge on any atom is -0.489 e. The van der Waals surface area contributed by atoms with Crippen LogP contribution in [-0.2, 0) is 13.2 Å². The first kappa shape index (κ1) is 21.1. The topological polar surface area (TPSA) is 41.6 Å². The summed E-state index contributed by atoms with van der Waals surface area (Å²) in [5, 5.41) is 3.28. The zero-order valence-electron chi connectivity index (χ0n) is 17.9. The second-order valence-electron chi connectivity index (χ2n) is 8.10. The number of carbonyl (C=O) groups excluding carboxylic acids is 1. The molecule has 1 aliphatic rings. The molecular formula is C27H30N2O2. The summed E-state index contributed by atoms with van der Waals surface area (Å²) in [7, 11) is 0. The standard InChI is InChI=1S/C27H30N2O2/c30-27(24-15-10-16-25(19-24)31-21-23-13-6-2-7-14-23)28-26-17-8-3-9-18-29(26)20-22-11-4-1-5-12-22/h1-2,4-7,10-16,19,26H,3,8-9,17-18,20-21H2,(H,28,30). The van der Waals surface area contributed by atoms with Crippen molar-refractivity contribution in [2.45, 2.75) is 45.0 Å². The van der Waals surface area contributed by atoms with Gasteiger partial charge in [-0.05, 0) is 42.2 Å². The van der Waals surface area contributed by atoms with Crippen LogP contribution in [0.4, 0.5) is 0 Å². The summed E-state index contributed by atoms with van der Waals surface area (Å²) in [6.45, 7) is 2.34. The van der Waals surface area contributed by atoms with E-state index in [-0.39, 0.29) is 12.1 Å². The molecule has 160 valence electrons. The number of nitrogens with zero attached hydrogens (tertiary/aromatic N) is 1. The monoisotopic (exact) mass is 414 g/mol. The van der Waals surface area contributed by atoms with Gasteiger partial charge in [0.25, 0.3) is 5.91 Å². The average molecular weight is 415 g/mol. The molecule has 4 heteroatoms. The first-order valence-electron chi connectivity index (χ1n) is 11.1. The smallest absolute Gasteiger partial charge is 0.252 e. The van der Waals surface area contributed by atoms with Gasteiger partial charge in [0.15, 0.2) is 0 Å². The molecule has 1 atom stereocenters. The lowest BCUT2D eigenvalue weighted by Crippen LogP contribution is -2.47. The van der Waals surface area contributed by atoms with Crippen molar-refractivity contribution in [2.75, 3.05) is 6.54 Å². The van der Waals surface area contributed by atoms with E-state index in [0.29, 0.717) is 17.9 Å². The molecule has 4 rings (SSSR count). The third-order valence-electron chi connectivity index (χ3n) is 5.73. The van der Waals surface area contributed by atoms with Crippen LogP contribution in [-0.4, -0.2) is 23.5 Å². The maximum Gasteiger partial charge on any atom is 0.252 e. The third kappa shape index (κ3) is 6.19. The molecule has 0 saturated carbocycles. The van der Waals surface area contributed by atoms with Crippen LogP contribution in [0.1, 0.15) is 47.2 Å². The fraction of sp³-hybridized carbons (Fsp3) is 0.296. The molecule has 1 fully saturated rings. The lowest BCUT2D eigenvalue weighted by molar-refractivity contribution is 0.0837. The van der Waals surface area contributed by atoms with Gasteiger partial charge in [-0.3, -0.25) is 9.69 Å². The molecule has 1 heterocycles. The zero-order valence-corrected chi connectivity index (χ0v) is 17.9. The van der Waals surface area contributed by atoms with Crippen molar-refractivity contribution in [1.82, 2.24) is 10.2 Å². The normalized spacial score (nSPS) is 17.0. The first-order valence-corrected chi connectivity index (χ1v) is 11.1. The van der Waals surface area contributed by atoms with E-state index in [4.69, 9.17) is 4.74 Å². The molecule has 3 aromatic carbocycles. The highest BCUT2D eigenvalue weighted by molar-refractivity contribution is 5.94. The van der Waals surface area contributed by atoms with E-state index in [0.717, 1.165) is 31.5 Å². The molecule has 3 aromatic rings. The van der Waals surface area contributed by atoms with Gasteiger partial charge in [-0.25, -0.2) is 0 Å². The molecule has 0 bridgehead atoms. The molecule has 31 heavy (non-hydrogen) atoms. The van der Waals surface area contributed by atoms with Crippen LogP contribution in [0, 0.1) is 0 Å². The minimum absolute atomic E-state index is 0.0455. The second kappa shape index (κ2) is 10.8. The van der Waals surface area contributed by atoms with Gasteiger partial charge in [0.2, 0.25) is 0 Å². The van der Waals surface area contributed by atoms with Crippen molar-refractivity contribution in [3.05, 3.63) is 102 Å². The molecule has 1 N–H and O–H groups in total. The number of hydrogen-bond acceptors (Lipinski definition) is 3. The van der Waals surface area contributed by atoms with Crippen LogP contribution in [0.2, 0.25) is 0 Å². The minimum atomic E-state index is -0.0462. The Labute approximate surface area is 184 Å². The Bertz CT molecular complexity index is 959. The Balaban J connectivity index is 1.40. The molecule has 4 nitrogen and oxygen atoms in total. The molecule has 0 aliphatic carbocycles. The first-order chi connectivity index (χ1) is 15.3. The largest absolute Gasteiger partial charge is 0.489 e. The summed E-state index contributed by atoms with van der Waals surface area (Å²) in [6, 6.07) is 28.0. The van der Waals surface area contributed by atoms with Crippen LogP contribution in [0.15, 0.2) is 84.9 Å². The molecule has 0 radical (unpaired) electrons. The van der Waals surface area contributed by atoms with Gasteiger partial charge in [-0.1, -0.05) is 79.6 Å². The van der Waals surface area contributed by atoms with E-state index < -0.39 is 0 Å². The Morgan fingerprint density at radius 3 is 2.39 bits per heavy atom. The van der Waals surface area contributed by atoms with E-state index >= 15 is 0 Å². The van der Waals surface area contributed by atoms with E-state index in [9.17, 15) is 4.79 Å². The molecular weight excluding hydrogens is 384 g/mol. The van der Waals surface area contributed by atoms with Crippen molar-refractivity contribution in [2.24, 2.45) is 0 Å². The van der Waals surface area contributed by atoms with Crippen molar-refractivity contribution in [1.29, 1.82) is 0 Å². The summed E-state index contributed by atoms with van der Waals surface area (Å²) in [4.78, 5) is 15.5. The van der Waals surface area contributed by atoms with Crippen LogP contribution in [0.25, 0.3) is 0 Å². The average Bonchev–Trinajstić information content (AvgIpc) is 3.04. The number of nitrogens with one attached hydrogen (secondary N) is 1. The van der Waals surface area contributed by atoms with Crippen LogP contribution < -0.4 is 10.1 Å². The molecule has 0 aromatic heterocycles. The third-order valence-corrected chi connectivity index (χ3v) is 5.73. The second-order valence-corrected chi connectivity index (χ2v) is 8.10. The summed E-state index contributed by atoms with van der Waals surface area (Å²) in [6.07, 6.45) is 4.53. The van der Waals surface area contributed by atoms with Crippen LogP contribution in [0.3, 0.4) is 0 Å². The number of carbonyl (C=O) groups is 1. The number of likely N-dealkylation sites (tertiary alicyclic amines) is 1. The Morgan fingerprint density at radius 1 is 0.871 bits per heavy atom. The quantitative estimate of drug-likeness (QED) is 0.563. The Kier molecular flexibility index (Phi) is 7.35. The van der Waals surface area contributed by atoms with E-state index in [1.165, 1.54) is 18.4 Å². The fourth-order valence-corrected chi connectivity index (χ4v) is 4.04. The molecule has 1 aliphatic heterocycles. The molecule has 1 saturated heterocycles. The maximum atomic E-state index is 13.1. The lowest BCUT2D eigenvalue weighted by atomic mass is 10.1. The number of ether oxygens (including phenoxy) is 1. The summed E-state index contributed by atoms with van der Waals surface area (Å²) >= 11 is 0. The Hall–Kier alpha value is -3.11. The maximum absolute atomic E-state index is 13.1. The predicted octanol–water partition coefficient (Wildman–Crippen LogP) is 5.40. The lowest BCUT2D eigenvalue weighted by Gasteiger charge is -2.30. The van der Waals surface area contributed by atoms with Crippen LogP contribution >= 0.6 is 0 Å². The number of rotatable bonds is 7. The van der Waals surface area contributed by atoms with E-state index in [1.54, 1.807) is 0 Å². The molecule has 0 spiro atoms. The fourth-order valence-electron chi connectivity index (χ4n) is 4.04. The van der Waals surface area contributed by atoms with Crippen LogP contribution in [0.5, 0.6) is 5.75 Å². The summed E-state index contributed by atoms with van der Waals surface area (Å²) in [5.41, 5.74) is 3.02. The Morgan fingerprint density at radius 2 is 1.61 bits per heavy atom. The van der Waals surface area contributed by atoms with Crippen molar-refractivity contribution >= 4 is 5.91 Å². The highest BCUT2D eigenvalue weighted by atomic mass is 16.5. The van der Waals surface area contributed by atoms with Gasteiger partial charge in [0.1, 0.15) is 12.4 Å². The van der Waals surface area contributed by atoms with E-state index in [2.05, 4.69) is 34.5 Å². The highest BCUT2D eigenvalue weighted by Gasteiger charge is 2.23. The predicted molar refractivity (Wildman–Crippen MR) is 124 cm³/mol. The van der Waals surface area contributed by atoms with Gasteiger partial charge in [0.05, 0.1) is 6.17 Å². The SMILES string of the molecule is O=C(NC1CCCCCN1Cc1ccccc1)c1cccc(OCc2ccccc2)c1. The van der Waals surface area contributed by atoms with Gasteiger partial charge in [-0.15, -0.1) is 0 Å². The summed E-state index contributed by atoms with van der Waals surface area (Å²) < 4.78 is 5.90. The van der Waals surface area contributed by atoms with Crippen molar-refractivity contribution < 1.29 is 9.53 Å². The number of hydrogen-bond donors (Lipinski definition) is 1. The molecule has 1 unspecified atom stereocenters.